The van der Waals surface area contributed by atoms with Crippen LogP contribution in [-0.2, 0) is 4.79 Å². The van der Waals surface area contributed by atoms with Gasteiger partial charge in [-0.15, -0.1) is 0 Å². The van der Waals surface area contributed by atoms with Crippen LogP contribution < -0.4 is 10.6 Å². The fraction of sp³-hybridized carbons (Fsp3) is 0.933. The van der Waals surface area contributed by atoms with Gasteiger partial charge in [-0.1, -0.05) is 12.8 Å². The number of aliphatic hydroxyl groups is 1. The second-order valence-electron chi connectivity index (χ2n) is 6.72. The molecule has 2 atom stereocenters. The Morgan fingerprint density at radius 3 is 2.42 bits per heavy atom. The third-order valence-electron chi connectivity index (χ3n) is 3.87. The van der Waals surface area contributed by atoms with E-state index in [1.165, 1.54) is 12.8 Å². The van der Waals surface area contributed by atoms with Gasteiger partial charge in [-0.05, 0) is 45.4 Å². The molecule has 1 amide bonds. The maximum absolute atomic E-state index is 11.8. The molecule has 0 heterocycles. The van der Waals surface area contributed by atoms with Crippen LogP contribution in [0.2, 0.25) is 0 Å². The summed E-state index contributed by atoms with van der Waals surface area (Å²) in [7, 11) is 0. The van der Waals surface area contributed by atoms with E-state index in [0.717, 1.165) is 19.4 Å². The molecule has 2 unspecified atom stereocenters. The third-order valence-corrected chi connectivity index (χ3v) is 3.87. The van der Waals surface area contributed by atoms with Crippen LogP contribution in [0.4, 0.5) is 0 Å². The van der Waals surface area contributed by atoms with Crippen LogP contribution in [0.1, 0.15) is 52.9 Å². The van der Waals surface area contributed by atoms with E-state index in [1.54, 1.807) is 0 Å². The minimum Gasteiger partial charge on any atom is -0.396 e. The minimum atomic E-state index is 0.0611. The van der Waals surface area contributed by atoms with Gasteiger partial charge in [0.15, 0.2) is 0 Å². The number of rotatable bonds is 6. The predicted molar refractivity (Wildman–Crippen MR) is 77.9 cm³/mol. The normalized spacial score (nSPS) is 24.2. The molecule has 1 aliphatic carbocycles. The summed E-state index contributed by atoms with van der Waals surface area (Å²) in [6, 6.07) is 0. The van der Waals surface area contributed by atoms with Crippen LogP contribution in [0.15, 0.2) is 0 Å². The lowest BCUT2D eigenvalue weighted by Crippen LogP contribution is -2.40. The minimum absolute atomic E-state index is 0.0611. The van der Waals surface area contributed by atoms with Gasteiger partial charge >= 0.3 is 0 Å². The van der Waals surface area contributed by atoms with Crippen molar-refractivity contribution in [2.24, 2.45) is 11.8 Å². The number of amides is 1. The molecule has 1 aliphatic rings. The number of hydrogen-bond acceptors (Lipinski definition) is 3. The Kier molecular flexibility index (Phi) is 6.80. The first kappa shape index (κ1) is 16.4. The summed E-state index contributed by atoms with van der Waals surface area (Å²) in [6.07, 6.45) is 5.19. The Morgan fingerprint density at radius 2 is 1.84 bits per heavy atom. The van der Waals surface area contributed by atoms with Crippen molar-refractivity contribution in [3.05, 3.63) is 0 Å². The van der Waals surface area contributed by atoms with Crippen molar-refractivity contribution < 1.29 is 9.90 Å². The Hall–Kier alpha value is -0.610. The van der Waals surface area contributed by atoms with Gasteiger partial charge in [-0.25, -0.2) is 0 Å². The van der Waals surface area contributed by atoms with Crippen LogP contribution in [0.5, 0.6) is 0 Å². The molecule has 0 bridgehead atoms. The lowest BCUT2D eigenvalue weighted by Gasteiger charge is -2.30. The van der Waals surface area contributed by atoms with Gasteiger partial charge in [0.2, 0.25) is 5.91 Å². The van der Waals surface area contributed by atoms with E-state index in [1.807, 2.05) is 0 Å². The summed E-state index contributed by atoms with van der Waals surface area (Å²) >= 11 is 0. The van der Waals surface area contributed by atoms with Crippen molar-refractivity contribution in [1.29, 1.82) is 0 Å². The first-order chi connectivity index (χ1) is 8.92. The van der Waals surface area contributed by atoms with E-state index in [-0.39, 0.29) is 18.1 Å². The molecule has 1 saturated carbocycles. The lowest BCUT2D eigenvalue weighted by atomic mass is 9.79. The molecule has 4 heteroatoms. The summed E-state index contributed by atoms with van der Waals surface area (Å²) in [4.78, 5) is 11.8. The van der Waals surface area contributed by atoms with E-state index in [9.17, 15) is 9.90 Å². The van der Waals surface area contributed by atoms with Gasteiger partial charge in [-0.2, -0.15) is 0 Å². The van der Waals surface area contributed by atoms with Crippen LogP contribution in [0.3, 0.4) is 0 Å². The molecule has 3 N–H and O–H groups in total. The highest BCUT2D eigenvalue weighted by atomic mass is 16.3. The molecule has 0 aromatic rings. The molecular weight excluding hydrogens is 240 g/mol. The van der Waals surface area contributed by atoms with E-state index in [4.69, 9.17) is 0 Å². The molecule has 0 aliphatic heterocycles. The quantitative estimate of drug-likeness (QED) is 0.688. The molecule has 19 heavy (non-hydrogen) atoms. The lowest BCUT2D eigenvalue weighted by molar-refractivity contribution is -0.121. The largest absolute Gasteiger partial charge is 0.396 e. The molecule has 4 nitrogen and oxygen atoms in total. The van der Waals surface area contributed by atoms with Crippen molar-refractivity contribution in [1.82, 2.24) is 10.6 Å². The predicted octanol–water partition coefficient (Wildman–Crippen LogP) is 1.68. The number of carbonyl (C=O) groups is 1. The van der Waals surface area contributed by atoms with E-state index in [2.05, 4.69) is 31.4 Å². The van der Waals surface area contributed by atoms with Gasteiger partial charge in [0, 0.05) is 31.7 Å². The van der Waals surface area contributed by atoms with Crippen molar-refractivity contribution >= 4 is 5.91 Å². The topological polar surface area (TPSA) is 61.4 Å². The smallest absolute Gasteiger partial charge is 0.221 e. The zero-order valence-electron chi connectivity index (χ0n) is 12.7. The fourth-order valence-electron chi connectivity index (χ4n) is 2.68. The Bertz CT molecular complexity index is 274. The van der Waals surface area contributed by atoms with Crippen molar-refractivity contribution in [3.8, 4) is 0 Å². The van der Waals surface area contributed by atoms with E-state index in [0.29, 0.717) is 24.8 Å². The highest BCUT2D eigenvalue weighted by molar-refractivity contribution is 5.76. The summed E-state index contributed by atoms with van der Waals surface area (Å²) < 4.78 is 0. The van der Waals surface area contributed by atoms with Gasteiger partial charge in [0.1, 0.15) is 0 Å². The van der Waals surface area contributed by atoms with Crippen molar-refractivity contribution in [3.63, 3.8) is 0 Å². The molecule has 0 radical (unpaired) electrons. The first-order valence-electron chi connectivity index (χ1n) is 7.55. The summed E-state index contributed by atoms with van der Waals surface area (Å²) in [5.41, 5.74) is 0.0611. The number of aliphatic hydroxyl groups excluding tert-OH is 1. The Morgan fingerprint density at radius 1 is 1.21 bits per heavy atom. The first-order valence-corrected chi connectivity index (χ1v) is 7.55. The van der Waals surface area contributed by atoms with Gasteiger partial charge in [0.05, 0.1) is 0 Å². The molecule has 0 spiro atoms. The summed E-state index contributed by atoms with van der Waals surface area (Å²) in [6.45, 7) is 7.98. The highest BCUT2D eigenvalue weighted by Gasteiger charge is 2.24. The number of carbonyl (C=O) groups excluding carboxylic acids is 1. The third kappa shape index (κ3) is 6.92. The van der Waals surface area contributed by atoms with Crippen LogP contribution >= 0.6 is 0 Å². The second kappa shape index (κ2) is 7.85. The number of hydrogen-bond donors (Lipinski definition) is 3. The van der Waals surface area contributed by atoms with E-state index >= 15 is 0 Å². The summed E-state index contributed by atoms with van der Waals surface area (Å²) in [5, 5.41) is 15.7. The maximum atomic E-state index is 11.8. The molecular formula is C15H30N2O2. The standard InChI is InChI=1S/C15H30N2O2/c1-15(2,3)17-9-8-14(19)16-10-12-6-4-5-7-13(12)11-18/h12-13,17-18H,4-11H2,1-3H3,(H,16,19). The van der Waals surface area contributed by atoms with Crippen LogP contribution in [0, 0.1) is 11.8 Å². The zero-order valence-corrected chi connectivity index (χ0v) is 12.7. The van der Waals surface area contributed by atoms with Gasteiger partial charge in [-0.3, -0.25) is 4.79 Å². The SMILES string of the molecule is CC(C)(C)NCCC(=O)NCC1CCCCC1CO. The second-order valence-corrected chi connectivity index (χ2v) is 6.72. The average Bonchev–Trinajstić information content (AvgIpc) is 2.35. The van der Waals surface area contributed by atoms with E-state index < -0.39 is 0 Å². The van der Waals surface area contributed by atoms with Crippen molar-refractivity contribution in [2.45, 2.75) is 58.4 Å². The van der Waals surface area contributed by atoms with Gasteiger partial charge < -0.3 is 15.7 Å². The highest BCUT2D eigenvalue weighted by Crippen LogP contribution is 2.28. The number of nitrogens with one attached hydrogen (secondary N) is 2. The fourth-order valence-corrected chi connectivity index (χ4v) is 2.68. The molecule has 0 saturated heterocycles. The molecule has 0 aromatic heterocycles. The zero-order chi connectivity index (χ0) is 14.3. The Labute approximate surface area is 117 Å². The van der Waals surface area contributed by atoms with Gasteiger partial charge in [0.25, 0.3) is 0 Å². The Balaban J connectivity index is 2.18. The van der Waals surface area contributed by atoms with Crippen molar-refractivity contribution in [2.75, 3.05) is 19.7 Å². The average molecular weight is 270 g/mol. The monoisotopic (exact) mass is 270 g/mol. The molecule has 112 valence electrons. The summed E-state index contributed by atoms with van der Waals surface area (Å²) in [5.74, 6) is 0.944. The maximum Gasteiger partial charge on any atom is 0.221 e. The molecule has 0 aromatic carbocycles. The van der Waals surface area contributed by atoms with Crippen LogP contribution in [-0.4, -0.2) is 36.2 Å². The molecule has 1 fully saturated rings. The van der Waals surface area contributed by atoms with Crippen LogP contribution in [0.25, 0.3) is 0 Å². The molecule has 1 rings (SSSR count).